The van der Waals surface area contributed by atoms with E-state index in [0.717, 1.165) is 18.8 Å². The maximum absolute atomic E-state index is 13.2. The summed E-state index contributed by atoms with van der Waals surface area (Å²) >= 11 is 0. The topological polar surface area (TPSA) is 71.1 Å². The molecule has 0 radical (unpaired) electrons. The van der Waals surface area contributed by atoms with Crippen molar-refractivity contribution in [3.8, 4) is 5.75 Å². The summed E-state index contributed by atoms with van der Waals surface area (Å²) in [7, 11) is 3.14. The van der Waals surface area contributed by atoms with Gasteiger partial charge < -0.3 is 19.7 Å². The van der Waals surface area contributed by atoms with E-state index < -0.39 is 0 Å². The van der Waals surface area contributed by atoms with Gasteiger partial charge in [0.25, 0.3) is 11.8 Å². The van der Waals surface area contributed by atoms with Gasteiger partial charge >= 0.3 is 0 Å². The second-order valence-electron chi connectivity index (χ2n) is 7.95. The minimum atomic E-state index is -0.349. The molecule has 1 saturated heterocycles. The smallest absolute Gasteiger partial charge is 0.278 e. The maximum Gasteiger partial charge on any atom is 0.278 e. The van der Waals surface area contributed by atoms with Crippen LogP contribution in [-0.4, -0.2) is 57.2 Å². The summed E-state index contributed by atoms with van der Waals surface area (Å²) in [6.45, 7) is 2.63. The number of hydrogen-bond donors (Lipinski definition) is 1. The summed E-state index contributed by atoms with van der Waals surface area (Å²) in [6, 6.07) is 15.2. The fraction of sp³-hybridized carbons (Fsp3) is 0.360. The second kappa shape index (κ2) is 9.87. The van der Waals surface area contributed by atoms with E-state index in [4.69, 9.17) is 9.47 Å². The van der Waals surface area contributed by atoms with Gasteiger partial charge in [0.05, 0.1) is 25.8 Å². The van der Waals surface area contributed by atoms with Crippen molar-refractivity contribution in [2.45, 2.75) is 19.3 Å². The number of carbonyl (C=O) groups excluding carboxylic acids is 2. The van der Waals surface area contributed by atoms with Gasteiger partial charge in [-0.2, -0.15) is 0 Å². The molecule has 2 amide bonds. The third-order valence-corrected chi connectivity index (χ3v) is 5.92. The fourth-order valence-electron chi connectivity index (χ4n) is 4.16. The van der Waals surface area contributed by atoms with Crippen LogP contribution in [0.15, 0.2) is 54.2 Å². The zero-order chi connectivity index (χ0) is 22.5. The molecular weight excluding hydrogens is 406 g/mol. The monoisotopic (exact) mass is 435 g/mol. The van der Waals surface area contributed by atoms with Gasteiger partial charge in [-0.3, -0.25) is 14.5 Å². The SMILES string of the molecule is COCCN1C(=O)C(Nc2ccc(N3CCCCC3)cc2)=C(c2ccc(OC)cc2)C1=O. The summed E-state index contributed by atoms with van der Waals surface area (Å²) in [5.41, 5.74) is 3.24. The van der Waals surface area contributed by atoms with Crippen LogP contribution in [-0.2, 0) is 14.3 Å². The molecule has 2 aromatic carbocycles. The molecule has 2 aliphatic heterocycles. The van der Waals surface area contributed by atoms with E-state index in [1.54, 1.807) is 38.5 Å². The number of methoxy groups -OCH3 is 2. The second-order valence-corrected chi connectivity index (χ2v) is 7.95. The predicted octanol–water partition coefficient (Wildman–Crippen LogP) is 3.52. The highest BCUT2D eigenvalue weighted by Gasteiger charge is 2.39. The Morgan fingerprint density at radius 1 is 0.875 bits per heavy atom. The lowest BCUT2D eigenvalue weighted by molar-refractivity contribution is -0.137. The van der Waals surface area contributed by atoms with Crippen molar-refractivity contribution in [1.29, 1.82) is 0 Å². The van der Waals surface area contributed by atoms with E-state index in [1.807, 2.05) is 12.1 Å². The highest BCUT2D eigenvalue weighted by molar-refractivity contribution is 6.36. The van der Waals surface area contributed by atoms with Crippen LogP contribution >= 0.6 is 0 Å². The van der Waals surface area contributed by atoms with Crippen LogP contribution in [0.5, 0.6) is 5.75 Å². The number of anilines is 2. The molecule has 32 heavy (non-hydrogen) atoms. The minimum Gasteiger partial charge on any atom is -0.497 e. The molecule has 0 aromatic heterocycles. The summed E-state index contributed by atoms with van der Waals surface area (Å²) in [4.78, 5) is 29.9. The average Bonchev–Trinajstić information content (AvgIpc) is 3.07. The summed E-state index contributed by atoms with van der Waals surface area (Å²) in [6.07, 6.45) is 3.71. The van der Waals surface area contributed by atoms with Crippen LogP contribution in [0.2, 0.25) is 0 Å². The zero-order valence-electron chi connectivity index (χ0n) is 18.6. The van der Waals surface area contributed by atoms with E-state index in [2.05, 4.69) is 22.3 Å². The molecule has 2 aromatic rings. The highest BCUT2D eigenvalue weighted by atomic mass is 16.5. The van der Waals surface area contributed by atoms with Crippen molar-refractivity contribution in [2.24, 2.45) is 0 Å². The Hall–Kier alpha value is -3.32. The molecule has 0 aliphatic carbocycles. The Bertz CT molecular complexity index is 993. The number of carbonyl (C=O) groups is 2. The van der Waals surface area contributed by atoms with E-state index in [1.165, 1.54) is 29.8 Å². The molecule has 0 unspecified atom stereocenters. The molecule has 0 spiro atoms. The number of ether oxygens (including phenoxy) is 2. The van der Waals surface area contributed by atoms with E-state index in [0.29, 0.717) is 16.9 Å². The van der Waals surface area contributed by atoms with Gasteiger partial charge in [0.1, 0.15) is 11.4 Å². The molecule has 2 aliphatic rings. The Labute approximate surface area is 188 Å². The van der Waals surface area contributed by atoms with Crippen molar-refractivity contribution >= 4 is 28.8 Å². The van der Waals surface area contributed by atoms with Crippen molar-refractivity contribution in [2.75, 3.05) is 50.7 Å². The lowest BCUT2D eigenvalue weighted by Gasteiger charge is -2.28. The van der Waals surface area contributed by atoms with E-state index in [-0.39, 0.29) is 30.7 Å². The number of nitrogens with zero attached hydrogens (tertiary/aromatic N) is 2. The third-order valence-electron chi connectivity index (χ3n) is 5.92. The molecule has 4 rings (SSSR count). The summed E-state index contributed by atoms with van der Waals surface area (Å²) < 4.78 is 10.3. The first-order chi connectivity index (χ1) is 15.6. The van der Waals surface area contributed by atoms with Crippen LogP contribution < -0.4 is 15.0 Å². The van der Waals surface area contributed by atoms with Gasteiger partial charge in [0.2, 0.25) is 0 Å². The lowest BCUT2D eigenvalue weighted by atomic mass is 10.0. The van der Waals surface area contributed by atoms with Gasteiger partial charge in [-0.1, -0.05) is 12.1 Å². The quantitative estimate of drug-likeness (QED) is 0.640. The Balaban J connectivity index is 1.62. The van der Waals surface area contributed by atoms with E-state index in [9.17, 15) is 9.59 Å². The van der Waals surface area contributed by atoms with Crippen LogP contribution in [0, 0.1) is 0 Å². The summed E-state index contributed by atoms with van der Waals surface area (Å²) in [5, 5.41) is 3.21. The van der Waals surface area contributed by atoms with Gasteiger partial charge in [0.15, 0.2) is 0 Å². The molecular formula is C25H29N3O4. The normalized spacial score (nSPS) is 16.7. The first-order valence-electron chi connectivity index (χ1n) is 11.0. The van der Waals surface area contributed by atoms with Gasteiger partial charge in [-0.15, -0.1) is 0 Å². The molecule has 168 valence electrons. The molecule has 0 atom stereocenters. The lowest BCUT2D eigenvalue weighted by Crippen LogP contribution is -2.35. The molecule has 1 fully saturated rings. The van der Waals surface area contributed by atoms with E-state index >= 15 is 0 Å². The summed E-state index contributed by atoms with van der Waals surface area (Å²) in [5.74, 6) is 0.00722. The minimum absolute atomic E-state index is 0.201. The van der Waals surface area contributed by atoms with Crippen LogP contribution in [0.3, 0.4) is 0 Å². The van der Waals surface area contributed by atoms with Gasteiger partial charge in [0, 0.05) is 31.6 Å². The molecule has 7 heteroatoms. The number of amides is 2. The highest BCUT2D eigenvalue weighted by Crippen LogP contribution is 2.32. The molecule has 2 heterocycles. The largest absolute Gasteiger partial charge is 0.497 e. The van der Waals surface area contributed by atoms with Crippen molar-refractivity contribution < 1.29 is 19.1 Å². The third kappa shape index (κ3) is 4.48. The standard InChI is InChI=1S/C25H29N3O4/c1-31-17-16-28-24(29)22(18-6-12-21(32-2)13-7-18)23(25(28)30)26-19-8-10-20(11-9-19)27-14-4-3-5-15-27/h6-13,26H,3-5,14-17H2,1-2H3. The maximum atomic E-state index is 13.2. The Morgan fingerprint density at radius 2 is 1.56 bits per heavy atom. The van der Waals surface area contributed by atoms with Crippen LogP contribution in [0.4, 0.5) is 11.4 Å². The fourth-order valence-corrected chi connectivity index (χ4v) is 4.16. The van der Waals surface area contributed by atoms with Crippen LogP contribution in [0.25, 0.3) is 5.57 Å². The number of imide groups is 1. The number of piperidine rings is 1. The Kier molecular flexibility index (Phi) is 6.75. The zero-order valence-corrected chi connectivity index (χ0v) is 18.6. The first kappa shape index (κ1) is 21.9. The molecule has 7 nitrogen and oxygen atoms in total. The van der Waals surface area contributed by atoms with Crippen molar-refractivity contribution in [3.63, 3.8) is 0 Å². The molecule has 0 bridgehead atoms. The first-order valence-corrected chi connectivity index (χ1v) is 11.0. The number of rotatable bonds is 8. The Morgan fingerprint density at radius 3 is 2.19 bits per heavy atom. The number of benzene rings is 2. The van der Waals surface area contributed by atoms with Crippen LogP contribution in [0.1, 0.15) is 24.8 Å². The average molecular weight is 436 g/mol. The number of nitrogens with one attached hydrogen (secondary N) is 1. The predicted molar refractivity (Wildman–Crippen MR) is 125 cm³/mol. The van der Waals surface area contributed by atoms with Gasteiger partial charge in [-0.25, -0.2) is 0 Å². The number of hydrogen-bond acceptors (Lipinski definition) is 6. The molecule has 0 saturated carbocycles. The molecule has 1 N–H and O–H groups in total. The van der Waals surface area contributed by atoms with Crippen molar-refractivity contribution in [3.05, 3.63) is 59.8 Å². The van der Waals surface area contributed by atoms with Crippen molar-refractivity contribution in [1.82, 2.24) is 4.90 Å². The van der Waals surface area contributed by atoms with Gasteiger partial charge in [-0.05, 0) is 61.2 Å².